The predicted molar refractivity (Wildman–Crippen MR) is 122 cm³/mol. The van der Waals surface area contributed by atoms with Crippen molar-refractivity contribution in [1.82, 2.24) is 14.5 Å². The van der Waals surface area contributed by atoms with Gasteiger partial charge in [-0.3, -0.25) is 4.79 Å². The van der Waals surface area contributed by atoms with Crippen molar-refractivity contribution in [1.29, 1.82) is 0 Å². The zero-order valence-corrected chi connectivity index (χ0v) is 18.7. The van der Waals surface area contributed by atoms with Crippen LogP contribution in [0.15, 0.2) is 42.6 Å². The number of nitrogens with one attached hydrogen (secondary N) is 2. The molecular formula is C23H27ClN4O4. The van der Waals surface area contributed by atoms with Crippen molar-refractivity contribution in [3.05, 3.63) is 70.5 Å². The molecule has 0 aliphatic heterocycles. The number of nitrogens with zero attached hydrogens (tertiary/aromatic N) is 2. The molecule has 9 heteroatoms. The van der Waals surface area contributed by atoms with E-state index in [1.807, 2.05) is 16.7 Å². The van der Waals surface area contributed by atoms with Gasteiger partial charge in [0.1, 0.15) is 18.1 Å². The zero-order chi connectivity index (χ0) is 22.9. The van der Waals surface area contributed by atoms with Crippen LogP contribution in [0.4, 0.5) is 5.69 Å². The molecule has 0 aliphatic carbocycles. The Labute approximate surface area is 191 Å². The first-order chi connectivity index (χ1) is 15.5. The SMILES string of the molecule is CCCCc1nc(Cl)c(CO)n1Cc1ccc(NC(=O)CCOC(=O)c2ccc[nH]2)cc1. The number of unbranched alkanes of at least 4 members (excludes halogenated alkanes) is 1. The molecule has 0 atom stereocenters. The molecular weight excluding hydrogens is 432 g/mol. The van der Waals surface area contributed by atoms with Crippen molar-refractivity contribution in [2.75, 3.05) is 11.9 Å². The van der Waals surface area contributed by atoms with E-state index in [2.05, 4.69) is 22.2 Å². The summed E-state index contributed by atoms with van der Waals surface area (Å²) in [5.74, 6) is 0.113. The fraction of sp³-hybridized carbons (Fsp3) is 0.348. The van der Waals surface area contributed by atoms with Gasteiger partial charge in [-0.1, -0.05) is 37.1 Å². The van der Waals surface area contributed by atoms with Crippen molar-refractivity contribution in [2.45, 2.75) is 45.8 Å². The van der Waals surface area contributed by atoms with Crippen molar-refractivity contribution in [3.8, 4) is 0 Å². The highest BCUT2D eigenvalue weighted by Gasteiger charge is 2.15. The molecule has 0 bridgehead atoms. The van der Waals surface area contributed by atoms with Crippen molar-refractivity contribution in [2.24, 2.45) is 0 Å². The lowest BCUT2D eigenvalue weighted by Crippen LogP contribution is -2.16. The normalized spacial score (nSPS) is 10.8. The molecule has 1 aromatic carbocycles. The van der Waals surface area contributed by atoms with Gasteiger partial charge in [0.05, 0.1) is 18.7 Å². The van der Waals surface area contributed by atoms with E-state index in [9.17, 15) is 14.7 Å². The number of esters is 1. The van der Waals surface area contributed by atoms with Gasteiger partial charge in [0.25, 0.3) is 0 Å². The summed E-state index contributed by atoms with van der Waals surface area (Å²) in [5.41, 5.74) is 2.59. The van der Waals surface area contributed by atoms with Crippen LogP contribution in [-0.4, -0.2) is 38.1 Å². The van der Waals surface area contributed by atoms with Crippen molar-refractivity contribution in [3.63, 3.8) is 0 Å². The molecule has 0 saturated carbocycles. The Morgan fingerprint density at radius 3 is 2.69 bits per heavy atom. The van der Waals surface area contributed by atoms with Gasteiger partial charge in [-0.05, 0) is 36.2 Å². The van der Waals surface area contributed by atoms with Crippen molar-refractivity contribution < 1.29 is 19.4 Å². The monoisotopic (exact) mass is 458 g/mol. The van der Waals surface area contributed by atoms with Gasteiger partial charge in [0, 0.05) is 24.8 Å². The highest BCUT2D eigenvalue weighted by molar-refractivity contribution is 6.30. The maximum atomic E-state index is 12.1. The number of aryl methyl sites for hydroxylation is 1. The minimum atomic E-state index is -0.493. The predicted octanol–water partition coefficient (Wildman–Crippen LogP) is 3.93. The number of aromatic nitrogens is 3. The molecule has 2 heterocycles. The van der Waals surface area contributed by atoms with E-state index in [0.717, 1.165) is 30.7 Å². The van der Waals surface area contributed by atoms with E-state index < -0.39 is 5.97 Å². The van der Waals surface area contributed by atoms with Gasteiger partial charge in [-0.2, -0.15) is 0 Å². The van der Waals surface area contributed by atoms with Gasteiger partial charge in [0.2, 0.25) is 5.91 Å². The molecule has 3 aromatic rings. The molecule has 32 heavy (non-hydrogen) atoms. The number of carbonyl (C=O) groups is 2. The van der Waals surface area contributed by atoms with Gasteiger partial charge >= 0.3 is 5.97 Å². The smallest absolute Gasteiger partial charge is 0.354 e. The number of aliphatic hydroxyl groups is 1. The fourth-order valence-corrected chi connectivity index (χ4v) is 3.50. The van der Waals surface area contributed by atoms with E-state index in [-0.39, 0.29) is 25.5 Å². The largest absolute Gasteiger partial charge is 0.460 e. The summed E-state index contributed by atoms with van der Waals surface area (Å²) in [6, 6.07) is 10.7. The number of ether oxygens (including phenoxy) is 1. The Morgan fingerprint density at radius 2 is 2.03 bits per heavy atom. The standard InChI is InChI=1S/C23H27ClN4O4/c1-2-3-6-20-27-22(24)19(15-29)28(20)14-16-7-9-17(10-8-16)26-21(30)11-13-32-23(31)18-5-4-12-25-18/h4-5,7-10,12,25,29H,2-3,6,11,13-15H2,1H3,(H,26,30). The number of imidazole rings is 1. The van der Waals surface area contributed by atoms with Crippen molar-refractivity contribution >= 4 is 29.2 Å². The Morgan fingerprint density at radius 1 is 1.25 bits per heavy atom. The second-order valence-electron chi connectivity index (χ2n) is 7.33. The zero-order valence-electron chi connectivity index (χ0n) is 17.9. The first kappa shape index (κ1) is 23.6. The summed E-state index contributed by atoms with van der Waals surface area (Å²) in [6.45, 7) is 2.45. The molecule has 2 aromatic heterocycles. The quantitative estimate of drug-likeness (QED) is 0.377. The number of anilines is 1. The number of carbonyl (C=O) groups excluding carboxylic acids is 2. The maximum absolute atomic E-state index is 12.1. The molecule has 1 amide bonds. The van der Waals surface area contributed by atoms with Gasteiger partial charge in [-0.15, -0.1) is 0 Å². The average Bonchev–Trinajstić information content (AvgIpc) is 3.42. The minimum absolute atomic E-state index is 0.00632. The van der Waals surface area contributed by atoms with Gasteiger partial charge < -0.3 is 24.7 Å². The molecule has 0 aliphatic rings. The molecule has 0 fully saturated rings. The van der Waals surface area contributed by atoms with Crippen LogP contribution in [0.3, 0.4) is 0 Å². The van der Waals surface area contributed by atoms with E-state index >= 15 is 0 Å². The first-order valence-electron chi connectivity index (χ1n) is 10.6. The van der Waals surface area contributed by atoms with Gasteiger partial charge in [-0.25, -0.2) is 9.78 Å². The van der Waals surface area contributed by atoms with Crippen LogP contribution in [0.2, 0.25) is 5.15 Å². The Bertz CT molecular complexity index is 1030. The maximum Gasteiger partial charge on any atom is 0.354 e. The average molecular weight is 459 g/mol. The van der Waals surface area contributed by atoms with Crippen LogP contribution in [0, 0.1) is 0 Å². The second kappa shape index (κ2) is 11.5. The third-order valence-electron chi connectivity index (χ3n) is 4.96. The first-order valence-corrected chi connectivity index (χ1v) is 10.9. The number of rotatable bonds is 11. The van der Waals surface area contributed by atoms with Crippen LogP contribution in [-0.2, 0) is 29.1 Å². The van der Waals surface area contributed by atoms with E-state index in [1.165, 1.54) is 0 Å². The van der Waals surface area contributed by atoms with E-state index in [4.69, 9.17) is 16.3 Å². The lowest BCUT2D eigenvalue weighted by molar-refractivity contribution is -0.116. The Hall–Kier alpha value is -3.10. The number of aromatic amines is 1. The van der Waals surface area contributed by atoms with Crippen LogP contribution < -0.4 is 5.32 Å². The van der Waals surface area contributed by atoms with Crippen LogP contribution in [0.5, 0.6) is 0 Å². The molecule has 0 spiro atoms. The molecule has 3 N–H and O–H groups in total. The topological polar surface area (TPSA) is 109 Å². The van der Waals surface area contributed by atoms with Crippen LogP contribution in [0.25, 0.3) is 0 Å². The summed E-state index contributed by atoms with van der Waals surface area (Å²) in [7, 11) is 0. The third kappa shape index (κ3) is 6.21. The summed E-state index contributed by atoms with van der Waals surface area (Å²) in [4.78, 5) is 31.0. The number of amides is 1. The summed E-state index contributed by atoms with van der Waals surface area (Å²) in [6.07, 6.45) is 4.51. The lowest BCUT2D eigenvalue weighted by Gasteiger charge is -2.12. The number of hydrogen-bond donors (Lipinski definition) is 3. The number of H-pyrrole nitrogens is 1. The number of halogens is 1. The second-order valence-corrected chi connectivity index (χ2v) is 7.69. The lowest BCUT2D eigenvalue weighted by atomic mass is 10.2. The van der Waals surface area contributed by atoms with E-state index in [0.29, 0.717) is 28.8 Å². The molecule has 0 unspecified atom stereocenters. The molecule has 0 radical (unpaired) electrons. The fourth-order valence-electron chi connectivity index (χ4n) is 3.24. The van der Waals surface area contributed by atoms with Gasteiger partial charge in [0.15, 0.2) is 5.15 Å². The highest BCUT2D eigenvalue weighted by atomic mass is 35.5. The third-order valence-corrected chi connectivity index (χ3v) is 5.27. The number of aliphatic hydroxyl groups excluding tert-OH is 1. The Kier molecular flexibility index (Phi) is 8.47. The summed E-state index contributed by atoms with van der Waals surface area (Å²) in [5, 5.41) is 12.8. The number of benzene rings is 1. The van der Waals surface area contributed by atoms with Crippen LogP contribution in [0.1, 0.15) is 53.8 Å². The van der Waals surface area contributed by atoms with Crippen LogP contribution >= 0.6 is 11.6 Å². The Balaban J connectivity index is 1.54. The van der Waals surface area contributed by atoms with E-state index in [1.54, 1.807) is 30.5 Å². The number of hydrogen-bond acceptors (Lipinski definition) is 5. The molecule has 170 valence electrons. The summed E-state index contributed by atoms with van der Waals surface area (Å²) < 4.78 is 7.02. The molecule has 3 rings (SSSR count). The summed E-state index contributed by atoms with van der Waals surface area (Å²) >= 11 is 6.20. The molecule has 0 saturated heterocycles. The highest BCUT2D eigenvalue weighted by Crippen LogP contribution is 2.21. The minimum Gasteiger partial charge on any atom is -0.460 e. The molecule has 8 nitrogen and oxygen atoms in total.